The molecule has 0 aromatic rings. The summed E-state index contributed by atoms with van der Waals surface area (Å²) in [5.74, 6) is 6.33. The van der Waals surface area contributed by atoms with Gasteiger partial charge >= 0.3 is 5.96 Å². The Morgan fingerprint density at radius 3 is 2.36 bits per heavy atom. The molecule has 1 aliphatic rings. The third kappa shape index (κ3) is 3.61. The zero-order valence-electron chi connectivity index (χ0n) is 6.97. The molecular weight excluding hydrogens is 186 g/mol. The van der Waals surface area contributed by atoms with Crippen LogP contribution in [0.5, 0.6) is 0 Å². The van der Waals surface area contributed by atoms with Gasteiger partial charge in [0.25, 0.3) is 0 Å². The number of nitrogens with two attached hydrogens (primary N) is 3. The second kappa shape index (κ2) is 5.87. The van der Waals surface area contributed by atoms with E-state index in [0.717, 1.165) is 0 Å². The van der Waals surface area contributed by atoms with Gasteiger partial charge in [-0.2, -0.15) is 10.4 Å². The summed E-state index contributed by atoms with van der Waals surface area (Å²) in [5, 5.41) is 28.0. The maximum atomic E-state index is 8.19. The van der Waals surface area contributed by atoms with Crippen molar-refractivity contribution >= 4 is 17.5 Å². The van der Waals surface area contributed by atoms with E-state index in [0.29, 0.717) is 0 Å². The van der Waals surface area contributed by atoms with Crippen LogP contribution in [0.25, 0.3) is 5.41 Å². The number of hydrogen-bond acceptors (Lipinski definition) is 5. The van der Waals surface area contributed by atoms with E-state index in [1.165, 1.54) is 0 Å². The average Bonchev–Trinajstić information content (AvgIpc) is 2.65. The molecule has 7 N–H and O–H groups in total. The molecule has 9 heteroatoms. The molecule has 0 aliphatic carbocycles. The number of nitriles is 1. The summed E-state index contributed by atoms with van der Waals surface area (Å²) in [6.45, 7) is 0. The van der Waals surface area contributed by atoms with E-state index < -0.39 is 0 Å². The van der Waals surface area contributed by atoms with Crippen LogP contribution in [0.3, 0.4) is 0 Å². The largest absolute Gasteiger partial charge is 0.761 e. The van der Waals surface area contributed by atoms with Crippen LogP contribution in [0.15, 0.2) is 21.1 Å². The van der Waals surface area contributed by atoms with Gasteiger partial charge in [0.2, 0.25) is 0 Å². The maximum absolute atomic E-state index is 8.19. The third-order valence-electron chi connectivity index (χ3n) is 0.892. The van der Waals surface area contributed by atoms with Crippen molar-refractivity contribution in [1.29, 1.82) is 5.26 Å². The van der Waals surface area contributed by atoms with Gasteiger partial charge in [0, 0.05) is 0 Å². The summed E-state index contributed by atoms with van der Waals surface area (Å²) in [6, 6.07) is 1.67. The topological polar surface area (TPSA) is 175 Å². The SMILES string of the molecule is N#CC1=NN=NC1=C=[N-].N[NH+]=C(N)N. The number of nitrogens with one attached hydrogen (secondary N) is 1. The fourth-order valence-electron chi connectivity index (χ4n) is 0.357. The molecule has 0 radical (unpaired) electrons. The molecule has 14 heavy (non-hydrogen) atoms. The second-order valence-corrected chi connectivity index (χ2v) is 1.81. The lowest BCUT2D eigenvalue weighted by atomic mass is 10.3. The number of hydrazine groups is 1. The number of hydrogen-bond donors (Lipinski definition) is 4. The van der Waals surface area contributed by atoms with E-state index in [2.05, 4.69) is 21.3 Å². The first-order valence-electron chi connectivity index (χ1n) is 3.16. The van der Waals surface area contributed by atoms with Crippen molar-refractivity contribution in [1.82, 2.24) is 0 Å². The molecule has 0 unspecified atom stereocenters. The van der Waals surface area contributed by atoms with Crippen molar-refractivity contribution in [2.24, 2.45) is 32.7 Å². The lowest BCUT2D eigenvalue weighted by Crippen LogP contribution is -2.84. The highest BCUT2D eigenvalue weighted by Gasteiger charge is 2.07. The quantitative estimate of drug-likeness (QED) is 0.136. The summed E-state index contributed by atoms with van der Waals surface area (Å²) >= 11 is 0. The monoisotopic (exact) mass is 193 g/mol. The highest BCUT2D eigenvalue weighted by molar-refractivity contribution is 6.16. The number of nitrogens with zero attached hydrogens (tertiary/aromatic N) is 5. The van der Waals surface area contributed by atoms with E-state index in [-0.39, 0.29) is 17.4 Å². The second-order valence-electron chi connectivity index (χ2n) is 1.81. The lowest BCUT2D eigenvalue weighted by molar-refractivity contribution is -0.471. The Labute approximate surface area is 78.8 Å². The minimum absolute atomic E-state index is 0.0162. The van der Waals surface area contributed by atoms with Crippen LogP contribution in [0, 0.1) is 11.3 Å². The molecule has 1 aliphatic heterocycles. The third-order valence-corrected chi connectivity index (χ3v) is 0.892. The van der Waals surface area contributed by atoms with Crippen molar-refractivity contribution in [3.8, 4) is 6.07 Å². The normalized spacial score (nSPS) is 11.6. The van der Waals surface area contributed by atoms with Gasteiger partial charge in [-0.3, -0.25) is 17.3 Å². The Morgan fingerprint density at radius 2 is 2.07 bits per heavy atom. The van der Waals surface area contributed by atoms with Gasteiger partial charge in [0.1, 0.15) is 11.8 Å². The van der Waals surface area contributed by atoms with Gasteiger partial charge in [-0.25, -0.2) is 5.87 Å². The summed E-state index contributed by atoms with van der Waals surface area (Å²) < 4.78 is 0. The van der Waals surface area contributed by atoms with Gasteiger partial charge < -0.3 is 5.41 Å². The first-order valence-corrected chi connectivity index (χ1v) is 3.16. The van der Waals surface area contributed by atoms with Crippen molar-refractivity contribution in [2.45, 2.75) is 0 Å². The van der Waals surface area contributed by atoms with Crippen molar-refractivity contribution < 1.29 is 5.10 Å². The molecule has 1 heterocycles. The Hall–Kier alpha value is -2.72. The zero-order chi connectivity index (χ0) is 11.0. The van der Waals surface area contributed by atoms with Crippen LogP contribution in [-0.2, 0) is 0 Å². The minimum Gasteiger partial charge on any atom is -0.761 e. The van der Waals surface area contributed by atoms with Crippen LogP contribution in [0.1, 0.15) is 0 Å². The fraction of sp³-hybridized carbons (Fsp3) is 0. The van der Waals surface area contributed by atoms with E-state index in [1.807, 2.05) is 5.10 Å². The zero-order valence-corrected chi connectivity index (χ0v) is 6.97. The Balaban J connectivity index is 0.000000292. The molecule has 0 saturated carbocycles. The summed E-state index contributed by atoms with van der Waals surface area (Å²) in [5.41, 5.74) is 9.47. The molecule has 0 amide bonds. The molecule has 0 saturated heterocycles. The number of guanidine groups is 1. The average molecular weight is 193 g/mol. The minimum atomic E-state index is -0.0162. The van der Waals surface area contributed by atoms with Crippen molar-refractivity contribution in [3.63, 3.8) is 0 Å². The van der Waals surface area contributed by atoms with Crippen LogP contribution in [-0.4, -0.2) is 17.5 Å². The molecule has 0 aromatic carbocycles. The van der Waals surface area contributed by atoms with E-state index in [1.54, 1.807) is 11.9 Å². The molecule has 0 atom stereocenters. The van der Waals surface area contributed by atoms with Crippen LogP contribution in [0.4, 0.5) is 0 Å². The Bertz CT molecular complexity index is 370. The highest BCUT2D eigenvalue weighted by Crippen LogP contribution is 2.04. The van der Waals surface area contributed by atoms with Gasteiger partial charge in [-0.15, -0.1) is 10.2 Å². The molecule has 9 nitrogen and oxygen atoms in total. The maximum Gasteiger partial charge on any atom is 0.360 e. The van der Waals surface area contributed by atoms with E-state index in [9.17, 15) is 0 Å². The highest BCUT2D eigenvalue weighted by atomic mass is 15.4. The van der Waals surface area contributed by atoms with Gasteiger partial charge in [0.05, 0.1) is 0 Å². The fourth-order valence-corrected chi connectivity index (χ4v) is 0.357. The molecule has 0 fully saturated rings. The van der Waals surface area contributed by atoms with Crippen LogP contribution >= 0.6 is 0 Å². The number of rotatable bonds is 0. The molecular formula is C5H7N9. The molecule has 0 aromatic heterocycles. The first-order chi connectivity index (χ1) is 6.65. The Morgan fingerprint density at radius 1 is 1.50 bits per heavy atom. The molecule has 1 rings (SSSR count). The van der Waals surface area contributed by atoms with Gasteiger partial charge in [-0.05, 0) is 5.22 Å². The van der Waals surface area contributed by atoms with Gasteiger partial charge in [0.15, 0.2) is 5.71 Å². The predicted octanol–water partition coefficient (Wildman–Crippen LogP) is -3.33. The summed E-state index contributed by atoms with van der Waals surface area (Å²) in [7, 11) is 0. The van der Waals surface area contributed by atoms with Crippen LogP contribution < -0.4 is 22.4 Å². The summed E-state index contributed by atoms with van der Waals surface area (Å²) in [4.78, 5) is 0. The van der Waals surface area contributed by atoms with E-state index in [4.69, 9.17) is 22.1 Å². The number of hydrazone groups is 1. The summed E-state index contributed by atoms with van der Waals surface area (Å²) in [6.07, 6.45) is 0. The first kappa shape index (κ1) is 11.3. The predicted molar refractivity (Wildman–Crippen MR) is 48.3 cm³/mol. The molecule has 0 spiro atoms. The standard InChI is InChI=1S/C4N5.CH6N4/c5-1-3-4(2-6)8-9-7-3;2-1(3)5-4/h;4H2,(H4,2,3,5)/q-1;/p+1. The van der Waals surface area contributed by atoms with Crippen molar-refractivity contribution in [3.05, 3.63) is 11.1 Å². The number of allylic oxidation sites excluding steroid dienone is 1. The van der Waals surface area contributed by atoms with Gasteiger partial charge in [-0.1, -0.05) is 0 Å². The van der Waals surface area contributed by atoms with Crippen LogP contribution in [0.2, 0.25) is 0 Å². The van der Waals surface area contributed by atoms with Crippen molar-refractivity contribution in [2.75, 3.05) is 0 Å². The Kier molecular flexibility index (Phi) is 4.73. The lowest BCUT2D eigenvalue weighted by Gasteiger charge is -1.80. The molecule has 72 valence electrons. The molecule has 0 bridgehead atoms. The smallest absolute Gasteiger partial charge is 0.360 e. The van der Waals surface area contributed by atoms with E-state index >= 15 is 0 Å².